The average Bonchev–Trinajstić information content (AvgIpc) is 2.34. The molecule has 68 valence electrons. The van der Waals surface area contributed by atoms with Crippen molar-refractivity contribution in [3.05, 3.63) is 17.5 Å². The summed E-state index contributed by atoms with van der Waals surface area (Å²) >= 11 is 0. The predicted molar refractivity (Wildman–Crippen MR) is 50.1 cm³/mol. The van der Waals surface area contributed by atoms with Crippen LogP contribution in [0.1, 0.15) is 44.5 Å². The number of aromatic nitrogens is 2. The Morgan fingerprint density at radius 2 is 2.08 bits per heavy atom. The van der Waals surface area contributed by atoms with Crippen LogP contribution in [0.25, 0.3) is 0 Å². The summed E-state index contributed by atoms with van der Waals surface area (Å²) in [5.74, 6) is 0.488. The zero-order chi connectivity index (χ0) is 9.14. The minimum atomic E-state index is 0. The molecule has 3 heteroatoms. The van der Waals surface area contributed by atoms with Gasteiger partial charge in [0.2, 0.25) is 0 Å². The number of hydrogen-bond donors (Lipinski definition) is 0. The van der Waals surface area contributed by atoms with Gasteiger partial charge in [-0.15, -0.1) is 11.4 Å². The van der Waals surface area contributed by atoms with E-state index in [0.717, 1.165) is 18.5 Å². The van der Waals surface area contributed by atoms with Gasteiger partial charge in [-0.3, -0.25) is 0 Å². The topological polar surface area (TPSA) is 17.8 Å². The van der Waals surface area contributed by atoms with Gasteiger partial charge in [0.25, 0.3) is 0 Å². The van der Waals surface area contributed by atoms with E-state index in [1.54, 1.807) is 0 Å². The summed E-state index contributed by atoms with van der Waals surface area (Å²) < 4.78 is 1.94. The minimum absolute atomic E-state index is 0. The molecule has 0 amide bonds. The van der Waals surface area contributed by atoms with Gasteiger partial charge in [-0.1, -0.05) is 27.2 Å². The molecule has 0 saturated heterocycles. The van der Waals surface area contributed by atoms with Crippen LogP contribution >= 0.6 is 0 Å². The Morgan fingerprint density at radius 3 is 2.46 bits per heavy atom. The molecule has 0 fully saturated rings. The van der Waals surface area contributed by atoms with Crippen molar-refractivity contribution in [3.8, 4) is 0 Å². The maximum absolute atomic E-state index is 4.39. The second-order valence-corrected chi connectivity index (χ2v) is 3.49. The third-order valence-electron chi connectivity index (χ3n) is 1.95. The van der Waals surface area contributed by atoms with Crippen LogP contribution in [0.15, 0.2) is 0 Å². The van der Waals surface area contributed by atoms with Gasteiger partial charge in [0.05, 0.1) is 0 Å². The Labute approximate surface area is 130 Å². The molecule has 0 unspecified atom stereocenters. The molecule has 13 heavy (non-hydrogen) atoms. The molecule has 0 N–H and O–H groups in total. The first-order valence-corrected chi connectivity index (χ1v) is 4.60. The van der Waals surface area contributed by atoms with Gasteiger partial charge in [0.1, 0.15) is 0 Å². The first-order valence-electron chi connectivity index (χ1n) is 4.60. The van der Waals surface area contributed by atoms with Crippen LogP contribution in [0, 0.1) is 6.07 Å². The molecule has 1 aromatic heterocycles. The zero-order valence-corrected chi connectivity index (χ0v) is 14.3. The molecule has 1 rings (SSSR count). The van der Waals surface area contributed by atoms with Crippen LogP contribution in [-0.2, 0) is 13.5 Å². The van der Waals surface area contributed by atoms with Gasteiger partial charge in [-0.05, 0) is 12.3 Å². The van der Waals surface area contributed by atoms with Gasteiger partial charge in [0.15, 0.2) is 0 Å². The normalized spacial score (nSPS) is 10.2. The van der Waals surface area contributed by atoms with Crippen LogP contribution in [0.4, 0.5) is 0 Å². The summed E-state index contributed by atoms with van der Waals surface area (Å²) in [6.07, 6.45) is 2.24. The molecule has 2 nitrogen and oxygen atoms in total. The Bertz CT molecular complexity index is 253. The van der Waals surface area contributed by atoms with Crippen LogP contribution in [-0.4, -0.2) is 9.78 Å². The van der Waals surface area contributed by atoms with E-state index in [-0.39, 0.29) is 58.2 Å². The SMILES string of the molecule is CCCc1[c-]c(C(C)C)nn1C.[Rb+]. The Kier molecular flexibility index (Phi) is 7.00. The van der Waals surface area contributed by atoms with Crippen molar-refractivity contribution in [3.63, 3.8) is 0 Å². The fourth-order valence-corrected chi connectivity index (χ4v) is 1.20. The Morgan fingerprint density at radius 1 is 1.46 bits per heavy atom. The number of nitrogens with zero attached hydrogens (tertiary/aromatic N) is 2. The van der Waals surface area contributed by atoms with Crippen LogP contribution in [0.5, 0.6) is 0 Å². The molecule has 0 aliphatic heterocycles. The number of rotatable bonds is 3. The average molecular weight is 251 g/mol. The van der Waals surface area contributed by atoms with Gasteiger partial charge in [-0.25, -0.2) is 5.10 Å². The molecule has 0 spiro atoms. The molecule has 0 saturated carbocycles. The standard InChI is InChI=1S/C10H17N2.Rb/c1-5-6-9-7-10(8(2)3)11-12(9)4;/h8H,5-6H2,1-4H3;/q-1;+1. The van der Waals surface area contributed by atoms with Crippen molar-refractivity contribution >= 4 is 0 Å². The second-order valence-electron chi connectivity index (χ2n) is 3.49. The van der Waals surface area contributed by atoms with E-state index in [1.807, 2.05) is 11.7 Å². The summed E-state index contributed by atoms with van der Waals surface area (Å²) in [4.78, 5) is 0. The molecular weight excluding hydrogens is 234 g/mol. The van der Waals surface area contributed by atoms with Crippen molar-refractivity contribution in [2.75, 3.05) is 0 Å². The largest absolute Gasteiger partial charge is 1.00 e. The summed E-state index contributed by atoms with van der Waals surface area (Å²) in [6.45, 7) is 6.47. The zero-order valence-electron chi connectivity index (χ0n) is 9.39. The molecule has 1 heterocycles. The third kappa shape index (κ3) is 3.94. The number of hydrogen-bond acceptors (Lipinski definition) is 1. The van der Waals surface area contributed by atoms with Crippen LogP contribution in [0.3, 0.4) is 0 Å². The maximum Gasteiger partial charge on any atom is 1.00 e. The first kappa shape index (κ1) is 14.0. The second kappa shape index (κ2) is 6.49. The third-order valence-corrected chi connectivity index (χ3v) is 1.95. The van der Waals surface area contributed by atoms with E-state index < -0.39 is 0 Å². The van der Waals surface area contributed by atoms with Gasteiger partial charge in [-0.2, -0.15) is 0 Å². The fourth-order valence-electron chi connectivity index (χ4n) is 1.20. The van der Waals surface area contributed by atoms with Crippen molar-refractivity contribution in [1.29, 1.82) is 0 Å². The van der Waals surface area contributed by atoms with Gasteiger partial charge >= 0.3 is 58.2 Å². The van der Waals surface area contributed by atoms with Gasteiger partial charge < -0.3 is 10.7 Å². The molecule has 0 aliphatic rings. The van der Waals surface area contributed by atoms with Crippen LogP contribution < -0.4 is 58.2 Å². The van der Waals surface area contributed by atoms with E-state index in [4.69, 9.17) is 0 Å². The van der Waals surface area contributed by atoms with Crippen molar-refractivity contribution in [2.45, 2.75) is 39.5 Å². The molecule has 0 radical (unpaired) electrons. The van der Waals surface area contributed by atoms with E-state index in [1.165, 1.54) is 5.69 Å². The Balaban J connectivity index is 0.00000144. The molecule has 0 atom stereocenters. The summed E-state index contributed by atoms with van der Waals surface area (Å²) in [5.41, 5.74) is 2.31. The van der Waals surface area contributed by atoms with E-state index in [2.05, 4.69) is 31.9 Å². The van der Waals surface area contributed by atoms with Gasteiger partial charge in [0, 0.05) is 7.05 Å². The molecular formula is C10H17N2Rb. The van der Waals surface area contributed by atoms with Crippen molar-refractivity contribution in [2.24, 2.45) is 7.05 Å². The fraction of sp³-hybridized carbons (Fsp3) is 0.700. The quantitative estimate of drug-likeness (QED) is 0.649. The maximum atomic E-state index is 4.39. The summed E-state index contributed by atoms with van der Waals surface area (Å²) in [6, 6.07) is 3.33. The van der Waals surface area contributed by atoms with E-state index >= 15 is 0 Å². The summed E-state index contributed by atoms with van der Waals surface area (Å²) in [7, 11) is 1.99. The molecule has 0 aliphatic carbocycles. The number of aryl methyl sites for hydroxylation is 2. The predicted octanol–water partition coefficient (Wildman–Crippen LogP) is -0.700. The van der Waals surface area contributed by atoms with E-state index in [9.17, 15) is 0 Å². The van der Waals surface area contributed by atoms with E-state index in [0.29, 0.717) is 5.92 Å². The molecule has 0 bridgehead atoms. The van der Waals surface area contributed by atoms with Crippen molar-refractivity contribution in [1.82, 2.24) is 9.78 Å². The molecule has 0 aromatic carbocycles. The van der Waals surface area contributed by atoms with Crippen molar-refractivity contribution < 1.29 is 58.2 Å². The van der Waals surface area contributed by atoms with Crippen LogP contribution in [0.2, 0.25) is 0 Å². The smallest absolute Gasteiger partial charge is 0.425 e. The monoisotopic (exact) mass is 250 g/mol. The molecule has 1 aromatic rings. The Hall–Kier alpha value is 1.02. The summed E-state index contributed by atoms with van der Waals surface area (Å²) in [5, 5.41) is 4.39. The minimum Gasteiger partial charge on any atom is -0.425 e. The first-order chi connectivity index (χ1) is 5.65.